The summed E-state index contributed by atoms with van der Waals surface area (Å²) in [5.74, 6) is -2.07. The lowest BCUT2D eigenvalue weighted by Gasteiger charge is -2.30. The molecular formula is C43H55N5O8S2. The molecule has 0 saturated carbocycles. The third kappa shape index (κ3) is 12.4. The highest BCUT2D eigenvalue weighted by atomic mass is 32.2. The molecule has 0 aliphatic carbocycles. The molecule has 0 radical (unpaired) electrons. The number of unbranched alkanes of at least 4 members (excludes halogenated alkanes) is 4. The second kappa shape index (κ2) is 20.3. The van der Waals surface area contributed by atoms with E-state index in [2.05, 4.69) is 47.7 Å². The maximum absolute atomic E-state index is 14.3. The fraction of sp³-hybridized carbons (Fsp3) is 0.465. The van der Waals surface area contributed by atoms with Crippen LogP contribution >= 0.6 is 11.3 Å². The quantitative estimate of drug-likeness (QED) is 0.0548. The number of rotatable bonds is 19. The Hall–Kier alpha value is -4.70. The SMILES string of the molecule is CCCCCCCOc1ccc(-c2cnc(-c3ccc(C[C@H](NC(O)c4ccc(C(C)(C)C)s4)C(=O)N4CCC[C@H]4C(=O)NS(=O)(=O)CC(=O)OC)cc3)nc2)cc1. The van der Waals surface area contributed by atoms with Gasteiger partial charge < -0.3 is 19.5 Å². The molecule has 1 aliphatic rings. The number of hydrogen-bond donors (Lipinski definition) is 3. The average Bonchev–Trinajstić information content (AvgIpc) is 3.91. The van der Waals surface area contributed by atoms with Crippen LogP contribution in [0.4, 0.5) is 0 Å². The molecule has 312 valence electrons. The molecule has 1 fully saturated rings. The Morgan fingerprint density at radius 2 is 1.60 bits per heavy atom. The maximum atomic E-state index is 14.3. The van der Waals surface area contributed by atoms with Gasteiger partial charge in [0.25, 0.3) is 5.91 Å². The minimum Gasteiger partial charge on any atom is -0.494 e. The van der Waals surface area contributed by atoms with Gasteiger partial charge in [-0.1, -0.05) is 89.8 Å². The summed E-state index contributed by atoms with van der Waals surface area (Å²) in [6.07, 6.45) is 9.13. The maximum Gasteiger partial charge on any atom is 0.322 e. The molecule has 13 nitrogen and oxygen atoms in total. The van der Waals surface area contributed by atoms with Gasteiger partial charge in [-0.05, 0) is 66.5 Å². The van der Waals surface area contributed by atoms with Crippen molar-refractivity contribution in [1.29, 1.82) is 0 Å². The standard InChI is InChI=1S/C43H55N5O8S2/c1-6-7-8-9-10-24-56-33-19-17-30(18-20-33)32-26-44-39(45-27-32)31-15-13-29(14-16-31)25-34(46-41(51)36-21-22-37(57-36)43(2,3)4)42(52)48-23-11-12-35(48)40(50)47-58(53,54)28-38(49)55-5/h13-22,26-27,34-35,41,46,51H,6-12,23-25,28H2,1-5H3,(H,47,50)/t34-,35-,41?/m0/s1. The van der Waals surface area contributed by atoms with Gasteiger partial charge in [0, 0.05) is 39.8 Å². The van der Waals surface area contributed by atoms with Crippen molar-refractivity contribution in [1.82, 2.24) is 24.9 Å². The van der Waals surface area contributed by atoms with Gasteiger partial charge in [0.1, 0.15) is 18.0 Å². The molecule has 1 unspecified atom stereocenters. The first-order valence-electron chi connectivity index (χ1n) is 19.8. The number of benzene rings is 2. The number of ether oxygens (including phenoxy) is 2. The first-order chi connectivity index (χ1) is 27.7. The van der Waals surface area contributed by atoms with Crippen LogP contribution in [-0.4, -0.2) is 84.3 Å². The molecule has 3 atom stereocenters. The highest BCUT2D eigenvalue weighted by Gasteiger charge is 2.39. The van der Waals surface area contributed by atoms with E-state index in [9.17, 15) is 27.9 Å². The van der Waals surface area contributed by atoms with E-state index in [4.69, 9.17) is 4.74 Å². The lowest BCUT2D eigenvalue weighted by Crippen LogP contribution is -2.54. The van der Waals surface area contributed by atoms with Gasteiger partial charge in [0.15, 0.2) is 11.6 Å². The number of thiophene rings is 1. The highest BCUT2D eigenvalue weighted by molar-refractivity contribution is 7.90. The van der Waals surface area contributed by atoms with E-state index in [1.807, 2.05) is 65.4 Å². The van der Waals surface area contributed by atoms with E-state index in [0.717, 1.165) is 46.4 Å². The number of aliphatic hydroxyl groups is 1. The molecule has 2 aromatic carbocycles. The summed E-state index contributed by atoms with van der Waals surface area (Å²) in [4.78, 5) is 51.3. The summed E-state index contributed by atoms with van der Waals surface area (Å²) < 4.78 is 37.2. The Morgan fingerprint density at radius 1 is 0.931 bits per heavy atom. The number of amides is 2. The molecule has 0 bridgehead atoms. The number of nitrogens with zero attached hydrogens (tertiary/aromatic N) is 3. The number of likely N-dealkylation sites (tertiary alicyclic amines) is 1. The van der Waals surface area contributed by atoms with Crippen molar-refractivity contribution < 1.29 is 37.4 Å². The van der Waals surface area contributed by atoms with Crippen LogP contribution in [0.5, 0.6) is 5.75 Å². The second-order valence-electron chi connectivity index (χ2n) is 15.5. The molecule has 2 amide bonds. The third-order valence-electron chi connectivity index (χ3n) is 9.93. The van der Waals surface area contributed by atoms with E-state index in [-0.39, 0.29) is 24.8 Å². The summed E-state index contributed by atoms with van der Waals surface area (Å²) in [5, 5.41) is 14.4. The molecule has 4 aromatic rings. The number of nitrogens with one attached hydrogen (secondary N) is 2. The smallest absolute Gasteiger partial charge is 0.322 e. The Morgan fingerprint density at radius 3 is 2.24 bits per heavy atom. The zero-order valence-electron chi connectivity index (χ0n) is 33.9. The molecule has 5 rings (SSSR count). The summed E-state index contributed by atoms with van der Waals surface area (Å²) in [5.41, 5.74) is 3.24. The molecule has 58 heavy (non-hydrogen) atoms. The fourth-order valence-electron chi connectivity index (χ4n) is 6.66. The van der Waals surface area contributed by atoms with E-state index >= 15 is 0 Å². The molecule has 15 heteroatoms. The molecule has 1 saturated heterocycles. The molecule has 3 N–H and O–H groups in total. The van der Waals surface area contributed by atoms with Gasteiger partial charge in [-0.15, -0.1) is 11.3 Å². The summed E-state index contributed by atoms with van der Waals surface area (Å²) >= 11 is 1.44. The van der Waals surface area contributed by atoms with Gasteiger partial charge in [0.05, 0.1) is 19.8 Å². The summed E-state index contributed by atoms with van der Waals surface area (Å²) in [6, 6.07) is 17.1. The van der Waals surface area contributed by atoms with Gasteiger partial charge in [0.2, 0.25) is 15.9 Å². The number of aromatic nitrogens is 2. The van der Waals surface area contributed by atoms with E-state index in [1.54, 1.807) is 12.4 Å². The summed E-state index contributed by atoms with van der Waals surface area (Å²) in [7, 11) is -3.30. The predicted molar refractivity (Wildman–Crippen MR) is 224 cm³/mol. The first kappa shape index (κ1) is 44.4. The van der Waals surface area contributed by atoms with Crippen LogP contribution in [-0.2, 0) is 41.0 Å². The van der Waals surface area contributed by atoms with Crippen molar-refractivity contribution in [3.8, 4) is 28.3 Å². The van der Waals surface area contributed by atoms with Crippen LogP contribution in [0.2, 0.25) is 0 Å². The van der Waals surface area contributed by atoms with Crippen LogP contribution in [0.25, 0.3) is 22.5 Å². The lowest BCUT2D eigenvalue weighted by molar-refractivity contribution is -0.140. The minimum absolute atomic E-state index is 0.137. The largest absolute Gasteiger partial charge is 0.494 e. The number of sulfonamides is 1. The van der Waals surface area contributed by atoms with Crippen molar-refractivity contribution in [2.45, 2.75) is 103 Å². The van der Waals surface area contributed by atoms with Crippen molar-refractivity contribution in [3.05, 3.63) is 88.4 Å². The Kier molecular flexibility index (Phi) is 15.6. The van der Waals surface area contributed by atoms with Crippen LogP contribution < -0.4 is 14.8 Å². The van der Waals surface area contributed by atoms with Gasteiger partial charge in [-0.2, -0.15) is 0 Å². The first-order valence-corrected chi connectivity index (χ1v) is 22.2. The third-order valence-corrected chi connectivity index (χ3v) is 12.6. The van der Waals surface area contributed by atoms with Crippen molar-refractivity contribution in [3.63, 3.8) is 0 Å². The number of methoxy groups -OCH3 is 1. The minimum atomic E-state index is -4.34. The molecule has 2 aromatic heterocycles. The average molecular weight is 834 g/mol. The van der Waals surface area contributed by atoms with Crippen molar-refractivity contribution in [2.24, 2.45) is 0 Å². The molecule has 0 spiro atoms. The Labute approximate surface area is 345 Å². The Bertz CT molecular complexity index is 2080. The van der Waals surface area contributed by atoms with E-state index in [0.29, 0.717) is 23.7 Å². The number of carbonyl (C=O) groups is 3. The van der Waals surface area contributed by atoms with Gasteiger partial charge in [-0.25, -0.2) is 18.4 Å². The van der Waals surface area contributed by atoms with Crippen LogP contribution in [0.3, 0.4) is 0 Å². The zero-order valence-corrected chi connectivity index (χ0v) is 35.5. The fourth-order valence-corrected chi connectivity index (χ4v) is 8.61. The monoisotopic (exact) mass is 833 g/mol. The molecular weight excluding hydrogens is 779 g/mol. The molecule has 1 aliphatic heterocycles. The van der Waals surface area contributed by atoms with Gasteiger partial charge in [-0.3, -0.25) is 24.4 Å². The van der Waals surface area contributed by atoms with Crippen LogP contribution in [0, 0.1) is 0 Å². The lowest BCUT2D eigenvalue weighted by atomic mass is 9.95. The van der Waals surface area contributed by atoms with Crippen molar-refractivity contribution >= 4 is 39.1 Å². The summed E-state index contributed by atoms with van der Waals surface area (Å²) in [6.45, 7) is 9.35. The normalized spacial score (nSPS) is 15.5. The number of carbonyl (C=O) groups excluding carboxylic acids is 3. The Balaban J connectivity index is 1.28. The highest BCUT2D eigenvalue weighted by Crippen LogP contribution is 2.32. The second-order valence-corrected chi connectivity index (χ2v) is 18.4. The van der Waals surface area contributed by atoms with Crippen LogP contribution in [0.15, 0.2) is 73.1 Å². The van der Waals surface area contributed by atoms with Gasteiger partial charge >= 0.3 is 5.97 Å². The topological polar surface area (TPSA) is 177 Å². The number of hydrogen-bond acceptors (Lipinski definition) is 12. The molecule has 3 heterocycles. The van der Waals surface area contributed by atoms with Crippen molar-refractivity contribution in [2.75, 3.05) is 26.0 Å². The predicted octanol–water partition coefficient (Wildman–Crippen LogP) is 6.32. The zero-order chi connectivity index (χ0) is 41.9. The van der Waals surface area contributed by atoms with E-state index < -0.39 is 51.9 Å². The number of aliphatic hydroxyl groups excluding tert-OH is 1. The van der Waals surface area contributed by atoms with Crippen LogP contribution in [0.1, 0.15) is 94.2 Å². The van der Waals surface area contributed by atoms with E-state index in [1.165, 1.54) is 41.9 Å². The number of esters is 1.